The highest BCUT2D eigenvalue weighted by Crippen LogP contribution is 2.23. The minimum atomic E-state index is 0.241. The number of nitrogens with one attached hydrogen (secondary N) is 1. The van der Waals surface area contributed by atoms with Crippen LogP contribution in [-0.2, 0) is 0 Å². The van der Waals surface area contributed by atoms with Crippen molar-refractivity contribution < 1.29 is 0 Å². The van der Waals surface area contributed by atoms with E-state index < -0.39 is 0 Å². The van der Waals surface area contributed by atoms with E-state index in [9.17, 15) is 0 Å². The van der Waals surface area contributed by atoms with Gasteiger partial charge in [-0.1, -0.05) is 25.4 Å². The molecule has 0 saturated heterocycles. The summed E-state index contributed by atoms with van der Waals surface area (Å²) in [6.07, 6.45) is 0. The first-order chi connectivity index (χ1) is 8.32. The highest BCUT2D eigenvalue weighted by Gasteiger charge is 2.17. The second kappa shape index (κ2) is 6.20. The quantitative estimate of drug-likeness (QED) is 0.858. The van der Waals surface area contributed by atoms with Crippen LogP contribution in [0.5, 0.6) is 0 Å². The van der Waals surface area contributed by atoms with Crippen LogP contribution in [0.1, 0.15) is 19.5 Å². The van der Waals surface area contributed by atoms with Gasteiger partial charge >= 0.3 is 0 Å². The second-order valence-electron chi connectivity index (χ2n) is 4.99. The number of nitrogens with zero attached hydrogens (tertiary/aromatic N) is 3. The summed E-state index contributed by atoms with van der Waals surface area (Å²) in [6.45, 7) is 6.96. The zero-order valence-corrected chi connectivity index (χ0v) is 12.4. The van der Waals surface area contributed by atoms with Crippen LogP contribution in [0.25, 0.3) is 0 Å². The van der Waals surface area contributed by atoms with Gasteiger partial charge in [-0.05, 0) is 26.9 Å². The van der Waals surface area contributed by atoms with Gasteiger partial charge in [-0.3, -0.25) is 0 Å². The molecule has 1 atom stereocenters. The smallest absolute Gasteiger partial charge is 0.222 e. The van der Waals surface area contributed by atoms with Crippen molar-refractivity contribution in [3.63, 3.8) is 0 Å². The summed E-state index contributed by atoms with van der Waals surface area (Å²) < 4.78 is 0. The van der Waals surface area contributed by atoms with Gasteiger partial charge in [0.1, 0.15) is 5.02 Å². The van der Waals surface area contributed by atoms with Gasteiger partial charge in [0.2, 0.25) is 5.95 Å². The van der Waals surface area contributed by atoms with Crippen LogP contribution in [0.4, 0.5) is 11.8 Å². The number of nitrogen functional groups attached to an aromatic ring is 1. The number of hydrogen-bond acceptors (Lipinski definition) is 5. The Balaban J connectivity index is 2.79. The number of likely N-dealkylation sites (N-methyl/N-ethyl adjacent to an activating group) is 1. The molecule has 18 heavy (non-hydrogen) atoms. The lowest BCUT2D eigenvalue weighted by Crippen LogP contribution is -2.38. The minimum Gasteiger partial charge on any atom is -0.368 e. The fourth-order valence-electron chi connectivity index (χ4n) is 1.91. The summed E-state index contributed by atoms with van der Waals surface area (Å²) >= 11 is 6.15. The number of hydrogen-bond donors (Lipinski definition) is 2. The lowest BCUT2D eigenvalue weighted by atomic mass is 10.0. The minimum absolute atomic E-state index is 0.241. The molecule has 0 amide bonds. The number of halogens is 1. The fourth-order valence-corrected chi connectivity index (χ4v) is 2.07. The van der Waals surface area contributed by atoms with Crippen LogP contribution < -0.4 is 11.1 Å². The molecule has 0 aliphatic heterocycles. The number of aryl methyl sites for hydroxylation is 1. The summed E-state index contributed by atoms with van der Waals surface area (Å²) in [5.74, 6) is 1.38. The van der Waals surface area contributed by atoms with E-state index in [2.05, 4.69) is 48.1 Å². The number of rotatable bonds is 5. The molecule has 1 rings (SSSR count). The van der Waals surface area contributed by atoms with Crippen LogP contribution in [0.3, 0.4) is 0 Å². The third kappa shape index (κ3) is 3.71. The first kappa shape index (κ1) is 15.0. The monoisotopic (exact) mass is 271 g/mol. The maximum absolute atomic E-state index is 6.15. The van der Waals surface area contributed by atoms with E-state index >= 15 is 0 Å². The summed E-state index contributed by atoms with van der Waals surface area (Å²) in [4.78, 5) is 10.3. The van der Waals surface area contributed by atoms with E-state index in [-0.39, 0.29) is 5.95 Å². The van der Waals surface area contributed by atoms with Crippen LogP contribution in [0, 0.1) is 12.8 Å². The zero-order chi connectivity index (χ0) is 13.9. The summed E-state index contributed by atoms with van der Waals surface area (Å²) in [7, 11) is 4.13. The average Bonchev–Trinajstić information content (AvgIpc) is 2.23. The number of aromatic nitrogens is 2. The Morgan fingerprint density at radius 2 is 1.94 bits per heavy atom. The maximum atomic E-state index is 6.15. The van der Waals surface area contributed by atoms with E-state index in [1.165, 1.54) is 0 Å². The highest BCUT2D eigenvalue weighted by atomic mass is 35.5. The Bertz CT molecular complexity index is 398. The van der Waals surface area contributed by atoms with Gasteiger partial charge in [0, 0.05) is 12.6 Å². The van der Waals surface area contributed by atoms with Crippen molar-refractivity contribution in [2.45, 2.75) is 26.8 Å². The Labute approximate surface area is 114 Å². The van der Waals surface area contributed by atoms with Gasteiger partial charge in [-0.15, -0.1) is 0 Å². The first-order valence-corrected chi connectivity index (χ1v) is 6.40. The molecule has 3 N–H and O–H groups in total. The van der Waals surface area contributed by atoms with Crippen LogP contribution in [0.2, 0.25) is 5.02 Å². The molecule has 0 fully saturated rings. The average molecular weight is 272 g/mol. The third-order valence-electron chi connectivity index (χ3n) is 2.95. The van der Waals surface area contributed by atoms with Gasteiger partial charge in [-0.25, -0.2) is 4.98 Å². The molecule has 0 aliphatic rings. The van der Waals surface area contributed by atoms with E-state index in [1.807, 2.05) is 6.92 Å². The predicted octanol–water partition coefficient (Wildman–Crippen LogP) is 2.02. The molecule has 0 aliphatic carbocycles. The molecule has 0 bridgehead atoms. The van der Waals surface area contributed by atoms with Crippen molar-refractivity contribution >= 4 is 23.4 Å². The van der Waals surface area contributed by atoms with Crippen molar-refractivity contribution in [3.8, 4) is 0 Å². The second-order valence-corrected chi connectivity index (χ2v) is 5.36. The lowest BCUT2D eigenvalue weighted by molar-refractivity contribution is 0.243. The van der Waals surface area contributed by atoms with E-state index in [1.54, 1.807) is 0 Å². The molecule has 0 spiro atoms. The highest BCUT2D eigenvalue weighted by molar-refractivity contribution is 6.33. The van der Waals surface area contributed by atoms with Crippen molar-refractivity contribution in [2.24, 2.45) is 5.92 Å². The SMILES string of the molecule is Cc1nc(N)nc(NC[C@H](C(C)C)N(C)C)c1Cl. The summed E-state index contributed by atoms with van der Waals surface area (Å²) in [5, 5.41) is 3.79. The van der Waals surface area contributed by atoms with Gasteiger partial charge < -0.3 is 16.0 Å². The predicted molar refractivity (Wildman–Crippen MR) is 77.0 cm³/mol. The van der Waals surface area contributed by atoms with Crippen molar-refractivity contribution in [3.05, 3.63) is 10.7 Å². The van der Waals surface area contributed by atoms with Gasteiger partial charge in [0.15, 0.2) is 5.82 Å². The van der Waals surface area contributed by atoms with Crippen molar-refractivity contribution in [1.29, 1.82) is 0 Å². The van der Waals surface area contributed by atoms with Crippen LogP contribution >= 0.6 is 11.6 Å². The first-order valence-electron chi connectivity index (χ1n) is 6.02. The fraction of sp³-hybridized carbons (Fsp3) is 0.667. The molecular weight excluding hydrogens is 250 g/mol. The Morgan fingerprint density at radius 1 is 1.33 bits per heavy atom. The molecular formula is C12H22ClN5. The number of nitrogens with two attached hydrogens (primary N) is 1. The summed E-state index contributed by atoms with van der Waals surface area (Å²) in [6, 6.07) is 0.401. The molecule has 0 radical (unpaired) electrons. The molecule has 1 aromatic rings. The van der Waals surface area contributed by atoms with Gasteiger partial charge in [-0.2, -0.15) is 4.98 Å². The molecule has 1 heterocycles. The Kier molecular flexibility index (Phi) is 5.16. The lowest BCUT2D eigenvalue weighted by Gasteiger charge is -2.28. The van der Waals surface area contributed by atoms with Gasteiger partial charge in [0.25, 0.3) is 0 Å². The molecule has 1 aromatic heterocycles. The van der Waals surface area contributed by atoms with Crippen molar-refractivity contribution in [1.82, 2.24) is 14.9 Å². The standard InChI is InChI=1S/C12H22ClN5/c1-7(2)9(18(4)5)6-15-11-10(13)8(3)16-12(14)17-11/h7,9H,6H2,1-5H3,(H3,14,15,16,17)/t9-/m1/s1. The normalized spacial score (nSPS) is 13.1. The molecule has 6 heteroatoms. The third-order valence-corrected chi connectivity index (χ3v) is 3.40. The largest absolute Gasteiger partial charge is 0.368 e. The molecule has 102 valence electrons. The Hall–Kier alpha value is -1.07. The molecule has 0 saturated carbocycles. The van der Waals surface area contributed by atoms with Crippen LogP contribution in [-0.4, -0.2) is 41.5 Å². The van der Waals surface area contributed by atoms with E-state index in [4.69, 9.17) is 17.3 Å². The van der Waals surface area contributed by atoms with E-state index in [0.717, 1.165) is 6.54 Å². The number of anilines is 2. The maximum Gasteiger partial charge on any atom is 0.222 e. The topological polar surface area (TPSA) is 67.1 Å². The Morgan fingerprint density at radius 3 is 2.44 bits per heavy atom. The van der Waals surface area contributed by atoms with Crippen LogP contribution in [0.15, 0.2) is 0 Å². The molecule has 0 aromatic carbocycles. The molecule has 0 unspecified atom stereocenters. The van der Waals surface area contributed by atoms with Crippen molar-refractivity contribution in [2.75, 3.05) is 31.7 Å². The van der Waals surface area contributed by atoms with Gasteiger partial charge in [0.05, 0.1) is 5.69 Å². The summed E-state index contributed by atoms with van der Waals surface area (Å²) in [5.41, 5.74) is 6.32. The van der Waals surface area contributed by atoms with E-state index in [0.29, 0.717) is 28.5 Å². The zero-order valence-electron chi connectivity index (χ0n) is 11.7. The molecule has 5 nitrogen and oxygen atoms in total.